The van der Waals surface area contributed by atoms with Gasteiger partial charge in [0.1, 0.15) is 34.5 Å². The third-order valence-corrected chi connectivity index (χ3v) is 15.9. The molecule has 2 heterocycles. The molecule has 7 atom stereocenters. The van der Waals surface area contributed by atoms with E-state index in [0.717, 1.165) is 86.9 Å². The highest BCUT2D eigenvalue weighted by molar-refractivity contribution is 9.10. The smallest absolute Gasteiger partial charge is 0.145 e. The van der Waals surface area contributed by atoms with Crippen molar-refractivity contribution in [1.29, 1.82) is 0 Å². The lowest BCUT2D eigenvalue weighted by Gasteiger charge is -2.43. The van der Waals surface area contributed by atoms with Gasteiger partial charge in [-0.2, -0.15) is 0 Å². The molecule has 6 saturated carbocycles. The summed E-state index contributed by atoms with van der Waals surface area (Å²) in [5.41, 5.74) is 3.78. The Morgan fingerprint density at radius 2 is 1.10 bits per heavy atom. The minimum atomic E-state index is -1.16. The van der Waals surface area contributed by atoms with Crippen LogP contribution in [0.4, 0.5) is 4.39 Å². The van der Waals surface area contributed by atoms with Gasteiger partial charge in [0.25, 0.3) is 0 Å². The lowest BCUT2D eigenvalue weighted by molar-refractivity contribution is -0.130. The molecule has 0 radical (unpaired) electrons. The van der Waals surface area contributed by atoms with Crippen molar-refractivity contribution in [2.75, 3.05) is 0 Å². The fourth-order valence-electron chi connectivity index (χ4n) is 10.7. The molecule has 6 aliphatic rings. The maximum Gasteiger partial charge on any atom is 0.145 e. The molecule has 4 bridgehead atoms. The molecular formula is C48H46BrCl4FN2O6. The van der Waals surface area contributed by atoms with Crippen LogP contribution >= 0.6 is 62.3 Å². The van der Waals surface area contributed by atoms with Gasteiger partial charge >= 0.3 is 0 Å². The first kappa shape index (κ1) is 43.1. The molecule has 8 nitrogen and oxygen atoms in total. The molecule has 14 heteroatoms. The van der Waals surface area contributed by atoms with Crippen LogP contribution in [0.25, 0.3) is 22.5 Å². The van der Waals surface area contributed by atoms with Gasteiger partial charge in [0, 0.05) is 56.0 Å². The summed E-state index contributed by atoms with van der Waals surface area (Å²) in [6, 6.07) is 15.8. The van der Waals surface area contributed by atoms with Crippen LogP contribution in [-0.2, 0) is 33.1 Å². The maximum absolute atomic E-state index is 14.8. The molecule has 6 aliphatic carbocycles. The zero-order valence-electron chi connectivity index (χ0n) is 33.9. The summed E-state index contributed by atoms with van der Waals surface area (Å²) in [5.74, 6) is 2.88. The molecule has 326 valence electrons. The number of ketones is 1. The first-order chi connectivity index (χ1) is 30.0. The highest BCUT2D eigenvalue weighted by atomic mass is 79.9. The standard InChI is InChI=1S/C27H25BrCl2FNO3.C21H21Cl2NO3/c28-17-8-9-20(23(31)12-17)27(33)15-6-7-16(27)11-18(10-15)34-13-19-25(32-35-26(19)14-4-5-14)24-21(29)2-1-3-22(24)30;22-16-2-1-3-17(23)18(16)19-15(21(27-24-19)11-4-5-11)10-26-14-8-12-6-7-13(9-14)20(12)25/h1-3,8-9,12,14-16,18,33H,4-7,10-11,13H2;1-3,11-14H,4-10H2/t15-,16+,18?,27?;12-,13+,14?. The Morgan fingerprint density at radius 1 is 0.661 bits per heavy atom. The predicted molar refractivity (Wildman–Crippen MR) is 239 cm³/mol. The minimum absolute atomic E-state index is 0.0391. The summed E-state index contributed by atoms with van der Waals surface area (Å²) < 4.78 is 39.7. The first-order valence-corrected chi connectivity index (χ1v) is 24.1. The van der Waals surface area contributed by atoms with Crippen molar-refractivity contribution in [1.82, 2.24) is 10.3 Å². The topological polar surface area (TPSA) is 108 Å². The van der Waals surface area contributed by atoms with E-state index < -0.39 is 5.60 Å². The number of hydrogen-bond acceptors (Lipinski definition) is 8. The van der Waals surface area contributed by atoms with E-state index in [-0.39, 0.29) is 41.7 Å². The van der Waals surface area contributed by atoms with Crippen molar-refractivity contribution in [2.45, 2.75) is 120 Å². The van der Waals surface area contributed by atoms with Crippen LogP contribution in [-0.4, -0.2) is 33.4 Å². The molecule has 3 unspecified atom stereocenters. The summed E-state index contributed by atoms with van der Waals surface area (Å²) in [6.07, 6.45) is 11.2. The van der Waals surface area contributed by atoms with Crippen molar-refractivity contribution in [3.63, 3.8) is 0 Å². The Balaban J connectivity index is 0.000000153. The number of hydrogen-bond donors (Lipinski definition) is 1. The zero-order chi connectivity index (χ0) is 42.9. The number of fused-ring (bicyclic) bond motifs is 4. The van der Waals surface area contributed by atoms with E-state index in [1.54, 1.807) is 30.3 Å². The Hall–Kier alpha value is -2.80. The summed E-state index contributed by atoms with van der Waals surface area (Å²) >= 11 is 29.1. The number of halogens is 6. The van der Waals surface area contributed by atoms with Gasteiger partial charge in [0.2, 0.25) is 0 Å². The van der Waals surface area contributed by atoms with Crippen LogP contribution in [0.2, 0.25) is 20.1 Å². The highest BCUT2D eigenvalue weighted by Crippen LogP contribution is 2.57. The van der Waals surface area contributed by atoms with E-state index in [9.17, 15) is 14.3 Å². The molecule has 62 heavy (non-hydrogen) atoms. The highest BCUT2D eigenvalue weighted by Gasteiger charge is 2.55. The van der Waals surface area contributed by atoms with E-state index in [1.807, 2.05) is 18.2 Å². The SMILES string of the molecule is O=C1[C@@H]2CC[C@H]1CC(OCc1c(-c3c(Cl)cccc3Cl)noc1C1CC1)C2.OC1(c2ccc(Br)cc2F)[C@@H]2CC[C@H]1CC(OCc1c(-c3c(Cl)cccc3Cl)noc1C1CC1)C2. The average Bonchev–Trinajstić information content (AvgIpc) is 4.16. The summed E-state index contributed by atoms with van der Waals surface area (Å²) in [5, 5.41) is 22.5. The second kappa shape index (κ2) is 17.5. The van der Waals surface area contributed by atoms with Gasteiger partial charge in [-0.15, -0.1) is 0 Å². The number of ether oxygens (including phenoxy) is 2. The van der Waals surface area contributed by atoms with Crippen LogP contribution in [0.15, 0.2) is 68.1 Å². The van der Waals surface area contributed by atoms with Crippen molar-refractivity contribution >= 4 is 68.1 Å². The molecule has 0 saturated heterocycles. The fraction of sp³-hybridized carbons (Fsp3) is 0.479. The van der Waals surface area contributed by atoms with Gasteiger partial charge in [-0.1, -0.05) is 90.8 Å². The molecule has 0 amide bonds. The largest absolute Gasteiger partial charge is 0.384 e. The number of nitrogens with zero attached hydrogens (tertiary/aromatic N) is 2. The lowest BCUT2D eigenvalue weighted by atomic mass is 9.69. The molecule has 0 spiro atoms. The second-order valence-electron chi connectivity index (χ2n) is 18.1. The van der Waals surface area contributed by atoms with Crippen LogP contribution < -0.4 is 0 Å². The van der Waals surface area contributed by atoms with Crippen LogP contribution in [0.1, 0.15) is 117 Å². The fourth-order valence-corrected chi connectivity index (χ4v) is 12.2. The van der Waals surface area contributed by atoms with Crippen molar-refractivity contribution in [3.8, 4) is 22.5 Å². The minimum Gasteiger partial charge on any atom is -0.384 e. The average molecular weight is 988 g/mol. The van der Waals surface area contributed by atoms with E-state index in [0.29, 0.717) is 96.3 Å². The molecule has 11 rings (SSSR count). The third-order valence-electron chi connectivity index (χ3n) is 14.2. The third kappa shape index (κ3) is 8.23. The number of carbonyl (C=O) groups is 1. The number of Topliss-reactive ketones (excluding diaryl/α,β-unsaturated/α-hetero) is 1. The Bertz CT molecular complexity index is 2430. The number of carbonyl (C=O) groups excluding carboxylic acids is 1. The van der Waals surface area contributed by atoms with Crippen LogP contribution in [0.5, 0.6) is 0 Å². The molecule has 0 aliphatic heterocycles. The van der Waals surface area contributed by atoms with Gasteiger partial charge in [-0.05, 0) is 125 Å². The number of rotatable bonds is 11. The Kier molecular flexibility index (Phi) is 12.2. The van der Waals surface area contributed by atoms with Crippen molar-refractivity contribution in [2.24, 2.45) is 23.7 Å². The summed E-state index contributed by atoms with van der Waals surface area (Å²) in [7, 11) is 0. The lowest BCUT2D eigenvalue weighted by Crippen LogP contribution is -2.45. The molecule has 6 fully saturated rings. The van der Waals surface area contributed by atoms with Gasteiger partial charge in [-0.25, -0.2) is 4.39 Å². The Morgan fingerprint density at radius 3 is 1.53 bits per heavy atom. The normalized spacial score (nSPS) is 27.7. The molecule has 3 aromatic carbocycles. The summed E-state index contributed by atoms with van der Waals surface area (Å²) in [4.78, 5) is 12.1. The van der Waals surface area contributed by atoms with Crippen LogP contribution in [0, 0.1) is 29.5 Å². The maximum atomic E-state index is 14.8. The molecule has 5 aromatic rings. The van der Waals surface area contributed by atoms with Crippen molar-refractivity contribution < 1.29 is 32.8 Å². The van der Waals surface area contributed by atoms with Crippen LogP contribution in [0.3, 0.4) is 0 Å². The van der Waals surface area contributed by atoms with E-state index in [1.165, 1.54) is 6.07 Å². The second-order valence-corrected chi connectivity index (χ2v) is 20.6. The van der Waals surface area contributed by atoms with Gasteiger partial charge in [-0.3, -0.25) is 4.79 Å². The first-order valence-electron chi connectivity index (χ1n) is 21.8. The van der Waals surface area contributed by atoms with Gasteiger partial charge in [0.05, 0.1) is 51.1 Å². The number of aromatic nitrogens is 2. The molecule has 1 N–H and O–H groups in total. The number of aliphatic hydroxyl groups is 1. The molecular weight excluding hydrogens is 941 g/mol. The molecule has 2 aromatic heterocycles. The van der Waals surface area contributed by atoms with E-state index in [4.69, 9.17) is 64.9 Å². The van der Waals surface area contributed by atoms with E-state index in [2.05, 4.69) is 26.2 Å². The van der Waals surface area contributed by atoms with Gasteiger partial charge in [0.15, 0.2) is 0 Å². The van der Waals surface area contributed by atoms with Crippen molar-refractivity contribution in [3.05, 3.63) is 113 Å². The summed E-state index contributed by atoms with van der Waals surface area (Å²) in [6.45, 7) is 0.756. The monoisotopic (exact) mass is 984 g/mol. The quantitative estimate of drug-likeness (QED) is 0.139. The van der Waals surface area contributed by atoms with E-state index >= 15 is 0 Å². The number of benzene rings is 3. The predicted octanol–water partition coefficient (Wildman–Crippen LogP) is 13.8. The Labute approximate surface area is 388 Å². The van der Waals surface area contributed by atoms with Gasteiger partial charge < -0.3 is 23.6 Å². The zero-order valence-corrected chi connectivity index (χ0v) is 38.5.